The monoisotopic (exact) mass is 364 g/mol. The second-order valence-corrected chi connectivity index (χ2v) is 6.32. The second kappa shape index (κ2) is 8.18. The van der Waals surface area contributed by atoms with Crippen molar-refractivity contribution in [2.45, 2.75) is 20.4 Å². The third kappa shape index (κ3) is 4.98. The maximum atomic E-state index is 12.3. The van der Waals surface area contributed by atoms with Crippen molar-refractivity contribution in [2.75, 3.05) is 11.9 Å². The quantitative estimate of drug-likeness (QED) is 0.859. The third-order valence-corrected chi connectivity index (χ3v) is 4.17. The molecule has 0 saturated heterocycles. The molecule has 0 atom stereocenters. The summed E-state index contributed by atoms with van der Waals surface area (Å²) in [5.74, 6) is -0.472. The lowest BCUT2D eigenvalue weighted by Gasteiger charge is -2.21. The standard InChI is InChI=1S/C18H18Cl2N2O2/c1-12-9-15(19)7-8-17(12)21-18(24)11-22(13(2)23)10-14-5-3-4-6-16(14)20/h3-9H,10-11H2,1-2H3,(H,21,24). The summed E-state index contributed by atoms with van der Waals surface area (Å²) in [6.07, 6.45) is 0. The molecule has 2 aromatic rings. The number of amides is 2. The van der Waals surface area contributed by atoms with Crippen LogP contribution in [-0.2, 0) is 16.1 Å². The molecule has 1 N–H and O–H groups in total. The normalized spacial score (nSPS) is 10.3. The van der Waals surface area contributed by atoms with Crippen LogP contribution < -0.4 is 5.32 Å². The summed E-state index contributed by atoms with van der Waals surface area (Å²) in [7, 11) is 0. The fourth-order valence-corrected chi connectivity index (χ4v) is 2.66. The highest BCUT2D eigenvalue weighted by atomic mass is 35.5. The van der Waals surface area contributed by atoms with E-state index in [2.05, 4.69) is 5.32 Å². The van der Waals surface area contributed by atoms with Gasteiger partial charge in [0.1, 0.15) is 6.54 Å². The topological polar surface area (TPSA) is 49.4 Å². The summed E-state index contributed by atoms with van der Waals surface area (Å²) >= 11 is 12.0. The van der Waals surface area contributed by atoms with Crippen molar-refractivity contribution in [3.05, 3.63) is 63.6 Å². The van der Waals surface area contributed by atoms with Gasteiger partial charge in [0.15, 0.2) is 0 Å². The molecular formula is C18H18Cl2N2O2. The Kier molecular flexibility index (Phi) is 6.23. The van der Waals surface area contributed by atoms with Gasteiger partial charge >= 0.3 is 0 Å². The van der Waals surface area contributed by atoms with Gasteiger partial charge < -0.3 is 10.2 Å². The first-order valence-electron chi connectivity index (χ1n) is 7.41. The molecular weight excluding hydrogens is 347 g/mol. The van der Waals surface area contributed by atoms with Gasteiger partial charge in [-0.05, 0) is 42.3 Å². The number of nitrogens with zero attached hydrogens (tertiary/aromatic N) is 1. The molecule has 0 fully saturated rings. The number of benzene rings is 2. The van der Waals surface area contributed by atoms with Crippen LogP contribution in [0, 0.1) is 6.92 Å². The fraction of sp³-hybridized carbons (Fsp3) is 0.222. The van der Waals surface area contributed by atoms with Crippen molar-refractivity contribution in [1.82, 2.24) is 4.90 Å². The van der Waals surface area contributed by atoms with Gasteiger partial charge in [-0.25, -0.2) is 0 Å². The Balaban J connectivity index is 2.06. The minimum Gasteiger partial charge on any atom is -0.329 e. The summed E-state index contributed by atoms with van der Waals surface area (Å²) < 4.78 is 0. The Bertz CT molecular complexity index is 762. The van der Waals surface area contributed by atoms with Gasteiger partial charge in [-0.15, -0.1) is 0 Å². The molecule has 0 saturated carbocycles. The van der Waals surface area contributed by atoms with Crippen molar-refractivity contribution in [3.63, 3.8) is 0 Å². The van der Waals surface area contributed by atoms with Crippen LogP contribution in [0.1, 0.15) is 18.1 Å². The van der Waals surface area contributed by atoms with E-state index >= 15 is 0 Å². The zero-order valence-electron chi connectivity index (χ0n) is 13.5. The zero-order valence-corrected chi connectivity index (χ0v) is 15.0. The highest BCUT2D eigenvalue weighted by molar-refractivity contribution is 6.31. The van der Waals surface area contributed by atoms with Gasteiger partial charge in [0.2, 0.25) is 11.8 Å². The van der Waals surface area contributed by atoms with E-state index in [-0.39, 0.29) is 24.9 Å². The molecule has 0 bridgehead atoms. The number of carbonyl (C=O) groups is 2. The molecule has 4 nitrogen and oxygen atoms in total. The number of nitrogens with one attached hydrogen (secondary N) is 1. The Morgan fingerprint density at radius 3 is 2.46 bits per heavy atom. The number of aryl methyl sites for hydroxylation is 1. The Hall–Kier alpha value is -2.04. The molecule has 0 radical (unpaired) electrons. The average Bonchev–Trinajstić information content (AvgIpc) is 2.51. The van der Waals surface area contributed by atoms with Gasteiger partial charge in [0.25, 0.3) is 0 Å². The van der Waals surface area contributed by atoms with Crippen LogP contribution in [0.2, 0.25) is 10.0 Å². The van der Waals surface area contributed by atoms with Crippen LogP contribution in [0.5, 0.6) is 0 Å². The van der Waals surface area contributed by atoms with Crippen LogP contribution in [0.3, 0.4) is 0 Å². The maximum Gasteiger partial charge on any atom is 0.244 e. The summed E-state index contributed by atoms with van der Waals surface area (Å²) in [6, 6.07) is 12.5. The van der Waals surface area contributed by atoms with Crippen LogP contribution in [0.4, 0.5) is 5.69 Å². The van der Waals surface area contributed by atoms with Crippen LogP contribution in [-0.4, -0.2) is 23.3 Å². The number of halogens is 2. The summed E-state index contributed by atoms with van der Waals surface area (Å²) in [5, 5.41) is 3.97. The predicted molar refractivity (Wildman–Crippen MR) is 97.4 cm³/mol. The predicted octanol–water partition coefficient (Wildman–Crippen LogP) is 4.29. The molecule has 0 heterocycles. The number of anilines is 1. The minimum absolute atomic E-state index is 0.0530. The van der Waals surface area contributed by atoms with Crippen LogP contribution >= 0.6 is 23.2 Å². The van der Waals surface area contributed by atoms with E-state index in [0.717, 1.165) is 11.1 Å². The van der Waals surface area contributed by atoms with Gasteiger partial charge in [-0.1, -0.05) is 41.4 Å². The van der Waals surface area contributed by atoms with E-state index in [9.17, 15) is 9.59 Å². The fourth-order valence-electron chi connectivity index (χ4n) is 2.24. The first kappa shape index (κ1) is 18.3. The van der Waals surface area contributed by atoms with E-state index < -0.39 is 0 Å². The highest BCUT2D eigenvalue weighted by Crippen LogP contribution is 2.20. The van der Waals surface area contributed by atoms with Crippen molar-refractivity contribution < 1.29 is 9.59 Å². The lowest BCUT2D eigenvalue weighted by Crippen LogP contribution is -2.36. The van der Waals surface area contributed by atoms with Crippen molar-refractivity contribution in [1.29, 1.82) is 0 Å². The number of rotatable bonds is 5. The molecule has 0 aliphatic heterocycles. The number of hydrogen-bond donors (Lipinski definition) is 1. The molecule has 0 aliphatic carbocycles. The zero-order chi connectivity index (χ0) is 17.7. The van der Waals surface area contributed by atoms with E-state index in [4.69, 9.17) is 23.2 Å². The molecule has 0 unspecified atom stereocenters. The molecule has 2 amide bonds. The maximum absolute atomic E-state index is 12.3. The third-order valence-electron chi connectivity index (χ3n) is 3.56. The van der Waals surface area contributed by atoms with Crippen LogP contribution in [0.15, 0.2) is 42.5 Å². The van der Waals surface area contributed by atoms with E-state index in [1.54, 1.807) is 24.3 Å². The molecule has 24 heavy (non-hydrogen) atoms. The van der Waals surface area contributed by atoms with E-state index in [0.29, 0.717) is 15.7 Å². The van der Waals surface area contributed by atoms with Crippen molar-refractivity contribution in [2.24, 2.45) is 0 Å². The van der Waals surface area contributed by atoms with Gasteiger partial charge in [-0.3, -0.25) is 9.59 Å². The molecule has 126 valence electrons. The average molecular weight is 365 g/mol. The summed E-state index contributed by atoms with van der Waals surface area (Å²) in [6.45, 7) is 3.51. The molecule has 6 heteroatoms. The molecule has 2 rings (SSSR count). The lowest BCUT2D eigenvalue weighted by molar-refractivity contribution is -0.133. The minimum atomic E-state index is -0.275. The number of carbonyl (C=O) groups excluding carboxylic acids is 2. The highest BCUT2D eigenvalue weighted by Gasteiger charge is 2.16. The first-order valence-corrected chi connectivity index (χ1v) is 8.17. The van der Waals surface area contributed by atoms with Crippen molar-refractivity contribution >= 4 is 40.7 Å². The Morgan fingerprint density at radius 1 is 1.12 bits per heavy atom. The van der Waals surface area contributed by atoms with Gasteiger partial charge in [-0.2, -0.15) is 0 Å². The molecule has 0 aromatic heterocycles. The van der Waals surface area contributed by atoms with Gasteiger partial charge in [0, 0.05) is 29.2 Å². The Morgan fingerprint density at radius 2 is 1.83 bits per heavy atom. The molecule has 0 spiro atoms. The summed E-state index contributed by atoms with van der Waals surface area (Å²) in [4.78, 5) is 25.6. The lowest BCUT2D eigenvalue weighted by atomic mass is 10.2. The van der Waals surface area contributed by atoms with Crippen LogP contribution in [0.25, 0.3) is 0 Å². The van der Waals surface area contributed by atoms with E-state index in [1.165, 1.54) is 11.8 Å². The second-order valence-electron chi connectivity index (χ2n) is 5.47. The van der Waals surface area contributed by atoms with Gasteiger partial charge in [0.05, 0.1) is 0 Å². The first-order chi connectivity index (χ1) is 11.4. The smallest absolute Gasteiger partial charge is 0.244 e. The van der Waals surface area contributed by atoms with Crippen molar-refractivity contribution in [3.8, 4) is 0 Å². The molecule has 2 aromatic carbocycles. The number of hydrogen-bond acceptors (Lipinski definition) is 2. The largest absolute Gasteiger partial charge is 0.329 e. The SMILES string of the molecule is CC(=O)N(CC(=O)Nc1ccc(Cl)cc1C)Cc1ccccc1Cl. The summed E-state index contributed by atoms with van der Waals surface area (Å²) in [5.41, 5.74) is 2.33. The van der Waals surface area contributed by atoms with E-state index in [1.807, 2.05) is 25.1 Å². The molecule has 0 aliphatic rings. The Labute approximate surface area is 151 Å².